The highest BCUT2D eigenvalue weighted by Crippen LogP contribution is 2.65. The Kier molecular flexibility index (Phi) is 15.6. The molecular formula is C108H72N4O2S2. The molecule has 4 aliphatic heterocycles. The van der Waals surface area contributed by atoms with E-state index in [-0.39, 0.29) is 0 Å². The van der Waals surface area contributed by atoms with Crippen molar-refractivity contribution >= 4 is 113 Å². The Morgan fingerprint density at radius 3 is 1.04 bits per heavy atom. The van der Waals surface area contributed by atoms with Crippen molar-refractivity contribution in [3.63, 3.8) is 0 Å². The fraction of sp³-hybridized carbons (Fsp3) is 0.0370. The lowest BCUT2D eigenvalue weighted by molar-refractivity contribution is 0.476. The smallest absolute Gasteiger partial charge is 0.152 e. The zero-order chi connectivity index (χ0) is 76.7. The van der Waals surface area contributed by atoms with Crippen LogP contribution in [-0.4, -0.2) is 0 Å². The molecule has 18 aromatic carbocycles. The molecule has 8 heteroatoms. The average Bonchev–Trinajstić information content (AvgIpc) is 1.53. The van der Waals surface area contributed by atoms with Crippen LogP contribution < -0.4 is 29.1 Å². The van der Waals surface area contributed by atoms with Crippen molar-refractivity contribution in [1.29, 1.82) is 0 Å². The molecule has 116 heavy (non-hydrogen) atoms. The number of benzene rings is 18. The topological polar surface area (TPSA) is 31.4 Å². The van der Waals surface area contributed by atoms with Gasteiger partial charge in [-0.25, -0.2) is 0 Å². The molecule has 6 nitrogen and oxygen atoms in total. The number of hydrogen-bond acceptors (Lipinski definition) is 8. The van der Waals surface area contributed by atoms with Gasteiger partial charge in [0.2, 0.25) is 0 Å². The third-order valence-corrected chi connectivity index (χ3v) is 26.6. The van der Waals surface area contributed by atoms with Crippen molar-refractivity contribution in [2.24, 2.45) is 0 Å². The van der Waals surface area contributed by atoms with Gasteiger partial charge in [-0.3, -0.25) is 0 Å². The van der Waals surface area contributed by atoms with Gasteiger partial charge in [-0.1, -0.05) is 302 Å². The zero-order valence-electron chi connectivity index (χ0n) is 63.5. The highest BCUT2D eigenvalue weighted by atomic mass is 32.2. The van der Waals surface area contributed by atoms with Crippen LogP contribution in [0.25, 0.3) is 43.8 Å². The van der Waals surface area contributed by atoms with Crippen LogP contribution in [0.4, 0.5) is 68.2 Å². The molecule has 0 amide bonds. The molecule has 0 saturated carbocycles. The van der Waals surface area contributed by atoms with Crippen molar-refractivity contribution < 1.29 is 9.47 Å². The van der Waals surface area contributed by atoms with Gasteiger partial charge in [0.05, 0.1) is 67.7 Å². The number of aryl methyl sites for hydroxylation is 2. The number of fused-ring (bicyclic) bond motifs is 16. The SMILES string of the molecule is Cc1ccc(C2(c3ccc(C)cc3)c3ccccc3-c3cc4c(cc32)N(c2cccc3c(N5c6ccccc6Sc6ccccc65)cccc23)c2ccccc2S4)cc1.c1ccc(C2(c3ccccc3)c3ccccc3-c3cc4c(cc32)N(c2ccc3cc(N5c6ccccc6Oc6ccccc65)ccc3c2)c2ccccc2O4)cc1. The Morgan fingerprint density at radius 1 is 0.216 bits per heavy atom. The van der Waals surface area contributed by atoms with Crippen LogP contribution in [0.2, 0.25) is 0 Å². The Bertz CT molecular complexity index is 6870. The van der Waals surface area contributed by atoms with E-state index in [2.05, 4.69) is 403 Å². The largest absolute Gasteiger partial charge is 0.453 e. The lowest BCUT2D eigenvalue weighted by Gasteiger charge is -2.37. The van der Waals surface area contributed by atoms with E-state index in [1.807, 2.05) is 53.9 Å². The van der Waals surface area contributed by atoms with E-state index in [4.69, 9.17) is 9.47 Å². The third-order valence-electron chi connectivity index (χ3n) is 24.3. The van der Waals surface area contributed by atoms with Crippen LogP contribution in [0, 0.1) is 13.8 Å². The molecule has 0 bridgehead atoms. The molecule has 0 atom stereocenters. The van der Waals surface area contributed by atoms with Crippen molar-refractivity contribution in [1.82, 2.24) is 0 Å². The van der Waals surface area contributed by atoms with Crippen molar-refractivity contribution in [3.8, 4) is 45.3 Å². The maximum atomic E-state index is 6.82. The second-order valence-corrected chi connectivity index (χ2v) is 32.9. The van der Waals surface area contributed by atoms with Crippen LogP contribution in [0.15, 0.2) is 420 Å². The molecule has 0 N–H and O–H groups in total. The van der Waals surface area contributed by atoms with E-state index in [1.54, 1.807) is 0 Å². The van der Waals surface area contributed by atoms with Crippen LogP contribution in [0.5, 0.6) is 23.0 Å². The lowest BCUT2D eigenvalue weighted by Crippen LogP contribution is -2.29. The predicted octanol–water partition coefficient (Wildman–Crippen LogP) is 30.0. The summed E-state index contributed by atoms with van der Waals surface area (Å²) in [6.45, 7) is 4.36. The van der Waals surface area contributed by atoms with Gasteiger partial charge in [0, 0.05) is 41.7 Å². The van der Waals surface area contributed by atoms with Gasteiger partial charge < -0.3 is 29.1 Å². The van der Waals surface area contributed by atoms with Gasteiger partial charge in [-0.15, -0.1) is 0 Å². The maximum Gasteiger partial charge on any atom is 0.152 e. The van der Waals surface area contributed by atoms with Crippen LogP contribution in [0.3, 0.4) is 0 Å². The van der Waals surface area contributed by atoms with Crippen molar-refractivity contribution in [2.75, 3.05) is 19.6 Å². The molecule has 0 unspecified atom stereocenters. The molecule has 548 valence electrons. The highest BCUT2D eigenvalue weighted by Gasteiger charge is 2.50. The molecule has 24 rings (SSSR count). The second-order valence-electron chi connectivity index (χ2n) is 30.7. The van der Waals surface area contributed by atoms with Gasteiger partial charge in [0.1, 0.15) is 0 Å². The molecule has 2 aliphatic carbocycles. The normalized spacial score (nSPS) is 14.1. The number of anilines is 12. The standard InChI is InChI=1S/C55H38N2S2.C53H34N2O2/c1-35-25-29-37(30-26-35)55(38-31-27-36(2)28-32-38)43-16-4-3-13-39(43)42-33-54-50(34-44(42)55)57(49-19-7-10-24-53(49)59-54)46-21-12-14-40-41(46)15-11-20-45(40)56-47-17-5-8-22-51(47)58-52-23-9-6-18-48(52)56;1-3-15-37(16-4-1)53(38-17-5-2-6-18-38)43-20-8-7-19-41(43)42-33-52-48(34-44(42)53)55(47-23-11-14-26-51(47)57-52)40-30-28-35-31-39(29-27-36(35)32-40)54-45-21-9-12-24-49(45)56-50-25-13-10-22-46(50)54/h3-34H,1-2H3;1-34H. The summed E-state index contributed by atoms with van der Waals surface area (Å²) in [6.07, 6.45) is 0. The number of hydrogen-bond donors (Lipinski definition) is 0. The first kappa shape index (κ1) is 67.7. The van der Waals surface area contributed by atoms with Gasteiger partial charge in [0.15, 0.2) is 23.0 Å². The predicted molar refractivity (Wildman–Crippen MR) is 479 cm³/mol. The second kappa shape index (κ2) is 26.8. The molecule has 6 aliphatic rings. The van der Waals surface area contributed by atoms with E-state index in [0.29, 0.717) is 0 Å². The summed E-state index contributed by atoms with van der Waals surface area (Å²) >= 11 is 3.73. The van der Waals surface area contributed by atoms with Gasteiger partial charge in [0.25, 0.3) is 0 Å². The molecule has 0 saturated heterocycles. The maximum absolute atomic E-state index is 6.82. The van der Waals surface area contributed by atoms with E-state index >= 15 is 0 Å². The Labute approximate surface area is 683 Å². The minimum atomic E-state index is -0.525. The van der Waals surface area contributed by atoms with Crippen molar-refractivity contribution in [2.45, 2.75) is 44.3 Å². The number of ether oxygens (including phenoxy) is 2. The number of para-hydroxylation sites is 9. The minimum absolute atomic E-state index is 0.505. The summed E-state index contributed by atoms with van der Waals surface area (Å²) in [7, 11) is 0. The quantitative estimate of drug-likeness (QED) is 0.149. The van der Waals surface area contributed by atoms with Crippen LogP contribution in [0.1, 0.15) is 55.6 Å². The fourth-order valence-electron chi connectivity index (χ4n) is 19.3. The molecule has 0 radical (unpaired) electrons. The Balaban J connectivity index is 0.000000137. The first-order chi connectivity index (χ1) is 57.3. The highest BCUT2D eigenvalue weighted by molar-refractivity contribution is 8.00. The molecule has 18 aromatic rings. The first-order valence-corrected chi connectivity index (χ1v) is 41.3. The Morgan fingerprint density at radius 2 is 0.569 bits per heavy atom. The summed E-state index contributed by atoms with van der Waals surface area (Å²) in [5, 5.41) is 4.71. The fourth-order valence-corrected chi connectivity index (χ4v) is 21.4. The molecule has 0 spiro atoms. The summed E-state index contributed by atoms with van der Waals surface area (Å²) in [5.41, 5.74) is 30.0. The third kappa shape index (κ3) is 10.3. The van der Waals surface area contributed by atoms with Gasteiger partial charge in [-0.05, 0) is 225 Å². The monoisotopic (exact) mass is 1520 g/mol. The summed E-state index contributed by atoms with van der Waals surface area (Å²) < 4.78 is 13.1. The van der Waals surface area contributed by atoms with E-state index in [9.17, 15) is 0 Å². The average molecular weight is 1520 g/mol. The summed E-state index contributed by atoms with van der Waals surface area (Å²) in [6, 6.07) is 147. The van der Waals surface area contributed by atoms with Crippen LogP contribution >= 0.6 is 23.5 Å². The zero-order valence-corrected chi connectivity index (χ0v) is 65.2. The number of nitrogens with zero attached hydrogens (tertiary/aromatic N) is 4. The molecular weight excluding hydrogens is 1450 g/mol. The van der Waals surface area contributed by atoms with Gasteiger partial charge in [-0.2, -0.15) is 0 Å². The molecule has 0 aromatic heterocycles. The molecule has 0 fully saturated rings. The van der Waals surface area contributed by atoms with E-state index < -0.39 is 10.8 Å². The Hall–Kier alpha value is -14.0. The lowest BCUT2D eigenvalue weighted by atomic mass is 9.67. The van der Waals surface area contributed by atoms with E-state index in [1.165, 1.54) is 137 Å². The van der Waals surface area contributed by atoms with Crippen molar-refractivity contribution in [3.05, 3.63) is 456 Å². The summed E-state index contributed by atoms with van der Waals surface area (Å²) in [4.78, 5) is 14.7. The summed E-state index contributed by atoms with van der Waals surface area (Å²) in [5.74, 6) is 3.34. The molecule has 4 heterocycles. The first-order valence-electron chi connectivity index (χ1n) is 39.7. The minimum Gasteiger partial charge on any atom is -0.453 e. The van der Waals surface area contributed by atoms with E-state index in [0.717, 1.165) is 73.6 Å². The number of rotatable bonds is 8. The van der Waals surface area contributed by atoms with Crippen LogP contribution in [-0.2, 0) is 10.8 Å². The van der Waals surface area contributed by atoms with Gasteiger partial charge >= 0.3 is 0 Å².